The highest BCUT2D eigenvalue weighted by Gasteiger charge is 2.36. The molecule has 1 atom stereocenters. The summed E-state index contributed by atoms with van der Waals surface area (Å²) < 4.78 is 76.0. The number of hydrogen-bond acceptors (Lipinski definition) is 6. The third-order valence-electron chi connectivity index (χ3n) is 5.13. The van der Waals surface area contributed by atoms with E-state index in [2.05, 4.69) is 20.7 Å². The number of alkyl halides is 3. The van der Waals surface area contributed by atoms with Crippen LogP contribution < -0.4 is 9.46 Å². The van der Waals surface area contributed by atoms with Crippen molar-refractivity contribution in [1.29, 1.82) is 0 Å². The van der Waals surface area contributed by atoms with Crippen molar-refractivity contribution in [2.75, 3.05) is 24.9 Å². The van der Waals surface area contributed by atoms with Crippen LogP contribution in [0.4, 0.5) is 18.9 Å². The van der Waals surface area contributed by atoms with Crippen molar-refractivity contribution >= 4 is 77.9 Å². The summed E-state index contributed by atoms with van der Waals surface area (Å²) in [6.45, 7) is 1.18. The van der Waals surface area contributed by atoms with E-state index < -0.39 is 33.6 Å². The van der Waals surface area contributed by atoms with Crippen LogP contribution >= 0.6 is 62.2 Å². The van der Waals surface area contributed by atoms with Crippen LogP contribution in [-0.4, -0.2) is 39.6 Å². The number of likely N-dealkylation sites (N-methyl/N-ethyl adjacent to an activating group) is 1. The Bertz CT molecular complexity index is 1370. The van der Waals surface area contributed by atoms with Crippen LogP contribution in [0, 0.1) is 0 Å². The number of likely N-dealkylation sites (tertiary alicyclic amines) is 1. The monoisotopic (exact) mass is 660 g/mol. The highest BCUT2D eigenvalue weighted by atomic mass is 79.9. The van der Waals surface area contributed by atoms with Gasteiger partial charge in [0.05, 0.1) is 15.5 Å². The summed E-state index contributed by atoms with van der Waals surface area (Å²) in [6, 6.07) is 9.37. The zero-order chi connectivity index (χ0) is 26.3. The summed E-state index contributed by atoms with van der Waals surface area (Å²) in [6.07, 6.45) is -4.49. The third-order valence-corrected chi connectivity index (χ3v) is 10.9. The fraction of sp³-hybridized carbons (Fsp3) is 0.273. The third kappa shape index (κ3) is 6.83. The standard InChI is InChI=1S/C22H18BrCl2F3N2O3S3/c1-30-5-4-15(11-30)33-19-9-14(2-3-17(19)22(26,27)28)29-36(31,32)20-10-18(23)21(35-20)34-16-7-12(24)6-13(25)8-16/h2-3,6-10,15,29H,4-5,11H2,1H3/t15-/m1/s1. The normalized spacial score (nSPS) is 16.9. The smallest absolute Gasteiger partial charge is 0.419 e. The van der Waals surface area contributed by atoms with Crippen LogP contribution in [0.3, 0.4) is 0 Å². The maximum atomic E-state index is 13.6. The molecule has 0 saturated carbocycles. The van der Waals surface area contributed by atoms with Crippen LogP contribution in [0.2, 0.25) is 10.0 Å². The van der Waals surface area contributed by atoms with Crippen LogP contribution in [-0.2, 0) is 16.2 Å². The van der Waals surface area contributed by atoms with Crippen molar-refractivity contribution in [3.63, 3.8) is 0 Å². The molecule has 14 heteroatoms. The van der Waals surface area contributed by atoms with Crippen LogP contribution in [0.15, 0.2) is 60.3 Å². The van der Waals surface area contributed by atoms with E-state index in [1.165, 1.54) is 17.8 Å². The molecular formula is C22H18BrCl2F3N2O3S3. The molecule has 0 amide bonds. The second kappa shape index (κ2) is 10.9. The Labute approximate surface area is 233 Å². The molecule has 1 fully saturated rings. The van der Waals surface area contributed by atoms with E-state index in [0.717, 1.165) is 29.5 Å². The molecule has 0 radical (unpaired) electrons. The van der Waals surface area contributed by atoms with Gasteiger partial charge in [-0.1, -0.05) is 35.0 Å². The number of hydrogen-bond donors (Lipinski definition) is 1. The fourth-order valence-corrected chi connectivity index (χ4v) is 8.96. The maximum Gasteiger partial charge on any atom is 0.419 e. The molecule has 194 valence electrons. The Kier molecular flexibility index (Phi) is 8.45. The SMILES string of the molecule is CN1CC[C@@H](Oc2cc(NS(=O)(=O)c3cc(Br)c(Sc4cc(Cl)cc(Cl)c4)s3)ccc2C(F)(F)F)C1. The van der Waals surface area contributed by atoms with Gasteiger partial charge in [0.1, 0.15) is 16.1 Å². The van der Waals surface area contributed by atoms with Gasteiger partial charge in [-0.2, -0.15) is 13.2 Å². The Morgan fingerprint density at radius 1 is 1.17 bits per heavy atom. The number of halogens is 6. The molecule has 1 saturated heterocycles. The largest absolute Gasteiger partial charge is 0.488 e. The quantitative estimate of drug-likeness (QED) is 0.279. The number of sulfonamides is 1. The molecule has 3 aromatic rings. The van der Waals surface area contributed by atoms with Gasteiger partial charge in [0.2, 0.25) is 0 Å². The van der Waals surface area contributed by atoms with Gasteiger partial charge in [0.25, 0.3) is 10.0 Å². The van der Waals surface area contributed by atoms with Gasteiger partial charge in [0, 0.05) is 38.6 Å². The minimum atomic E-state index is -4.65. The van der Waals surface area contributed by atoms with Gasteiger partial charge >= 0.3 is 6.18 Å². The average molecular weight is 662 g/mol. The van der Waals surface area contributed by atoms with Gasteiger partial charge in [-0.05, 0) is 65.8 Å². The van der Waals surface area contributed by atoms with E-state index in [1.807, 2.05) is 11.9 Å². The molecule has 0 aliphatic carbocycles. The van der Waals surface area contributed by atoms with Gasteiger partial charge in [-0.15, -0.1) is 11.3 Å². The number of nitrogens with one attached hydrogen (secondary N) is 1. The van der Waals surface area contributed by atoms with E-state index in [0.29, 0.717) is 43.1 Å². The predicted molar refractivity (Wildman–Crippen MR) is 141 cm³/mol. The molecule has 1 aliphatic rings. The lowest BCUT2D eigenvalue weighted by atomic mass is 10.1. The van der Waals surface area contributed by atoms with E-state index >= 15 is 0 Å². The van der Waals surface area contributed by atoms with E-state index in [9.17, 15) is 21.6 Å². The molecule has 4 rings (SSSR count). The van der Waals surface area contributed by atoms with Crippen molar-refractivity contribution < 1.29 is 26.3 Å². The summed E-state index contributed by atoms with van der Waals surface area (Å²) in [5, 5.41) is 0.883. The number of nitrogens with zero attached hydrogens (tertiary/aromatic N) is 1. The predicted octanol–water partition coefficient (Wildman–Crippen LogP) is 7.87. The lowest BCUT2D eigenvalue weighted by Gasteiger charge is -2.19. The van der Waals surface area contributed by atoms with Crippen molar-refractivity contribution in [2.45, 2.75) is 32.0 Å². The summed E-state index contributed by atoms with van der Waals surface area (Å²) in [5.74, 6) is -0.413. The molecular weight excluding hydrogens is 644 g/mol. The number of benzene rings is 2. The van der Waals surface area contributed by atoms with Gasteiger partial charge in [-0.3, -0.25) is 4.72 Å². The van der Waals surface area contributed by atoms with Crippen molar-refractivity contribution in [3.05, 3.63) is 62.5 Å². The van der Waals surface area contributed by atoms with Gasteiger partial charge in [0.15, 0.2) is 0 Å². The number of thiophene rings is 1. The second-order valence-corrected chi connectivity index (χ2v) is 14.0. The lowest BCUT2D eigenvalue weighted by Crippen LogP contribution is -2.23. The van der Waals surface area contributed by atoms with Gasteiger partial charge in [-0.25, -0.2) is 8.42 Å². The highest BCUT2D eigenvalue weighted by Crippen LogP contribution is 2.43. The number of ether oxygens (including phenoxy) is 1. The van der Waals surface area contributed by atoms with E-state index in [4.69, 9.17) is 27.9 Å². The Morgan fingerprint density at radius 3 is 2.47 bits per heavy atom. The first-order valence-corrected chi connectivity index (χ1v) is 15.0. The first kappa shape index (κ1) is 27.9. The van der Waals surface area contributed by atoms with Gasteiger partial charge < -0.3 is 9.64 Å². The zero-order valence-electron chi connectivity index (χ0n) is 18.4. The molecule has 0 unspecified atom stereocenters. The topological polar surface area (TPSA) is 58.6 Å². The van der Waals surface area contributed by atoms with Crippen molar-refractivity contribution in [3.8, 4) is 5.75 Å². The first-order valence-electron chi connectivity index (χ1n) is 10.3. The van der Waals surface area contributed by atoms with E-state index in [1.54, 1.807) is 18.2 Å². The molecule has 0 bridgehead atoms. The minimum Gasteiger partial charge on any atom is -0.488 e. The van der Waals surface area contributed by atoms with E-state index in [-0.39, 0.29) is 9.90 Å². The highest BCUT2D eigenvalue weighted by molar-refractivity contribution is 9.10. The van der Waals surface area contributed by atoms with Crippen molar-refractivity contribution in [1.82, 2.24) is 4.90 Å². The maximum absolute atomic E-state index is 13.6. The summed E-state index contributed by atoms with van der Waals surface area (Å²) >= 11 is 17.7. The fourth-order valence-electron chi connectivity index (χ4n) is 3.52. The first-order chi connectivity index (χ1) is 16.8. The molecule has 1 aliphatic heterocycles. The molecule has 36 heavy (non-hydrogen) atoms. The number of anilines is 1. The molecule has 5 nitrogen and oxygen atoms in total. The average Bonchev–Trinajstić information content (AvgIpc) is 3.32. The molecule has 1 N–H and O–H groups in total. The van der Waals surface area contributed by atoms with Crippen molar-refractivity contribution in [2.24, 2.45) is 0 Å². The minimum absolute atomic E-state index is 0.0233. The lowest BCUT2D eigenvalue weighted by molar-refractivity contribution is -0.139. The molecule has 0 spiro atoms. The summed E-state index contributed by atoms with van der Waals surface area (Å²) in [5.41, 5.74) is -0.998. The molecule has 1 aromatic heterocycles. The summed E-state index contributed by atoms with van der Waals surface area (Å²) in [7, 11) is -2.24. The Balaban J connectivity index is 1.58. The van der Waals surface area contributed by atoms with Crippen LogP contribution in [0.5, 0.6) is 5.75 Å². The number of rotatable bonds is 7. The Hall–Kier alpha value is -1.15. The Morgan fingerprint density at radius 2 is 1.86 bits per heavy atom. The molecule has 2 aromatic carbocycles. The van der Waals surface area contributed by atoms with Crippen LogP contribution in [0.25, 0.3) is 0 Å². The zero-order valence-corrected chi connectivity index (χ0v) is 24.0. The second-order valence-electron chi connectivity index (χ2n) is 8.01. The van der Waals surface area contributed by atoms with Crippen LogP contribution in [0.1, 0.15) is 12.0 Å². The summed E-state index contributed by atoms with van der Waals surface area (Å²) in [4.78, 5) is 2.67. The molecule has 2 heterocycles.